The summed E-state index contributed by atoms with van der Waals surface area (Å²) in [6.45, 7) is 4.07. The molecule has 0 aliphatic carbocycles. The van der Waals surface area contributed by atoms with Gasteiger partial charge in [0.05, 0.1) is 0 Å². The predicted octanol–water partition coefficient (Wildman–Crippen LogP) is 3.83. The van der Waals surface area contributed by atoms with Gasteiger partial charge in [-0.1, -0.05) is 71.6 Å². The zero-order valence-corrected chi connectivity index (χ0v) is 15.9. The van der Waals surface area contributed by atoms with E-state index in [1.807, 2.05) is 6.92 Å². The zero-order chi connectivity index (χ0) is 17.9. The molecule has 0 fully saturated rings. The maximum atomic E-state index is 11.6. The van der Waals surface area contributed by atoms with Gasteiger partial charge in [0, 0.05) is 0 Å². The van der Waals surface area contributed by atoms with Gasteiger partial charge < -0.3 is 0 Å². The van der Waals surface area contributed by atoms with E-state index in [0.29, 0.717) is 12.8 Å². The van der Waals surface area contributed by atoms with Crippen molar-refractivity contribution in [3.8, 4) is 0 Å². The van der Waals surface area contributed by atoms with E-state index in [9.17, 15) is 25.9 Å². The first-order valence-corrected chi connectivity index (χ1v) is 11.6. The molecule has 2 unspecified atom stereocenters. The Kier molecular flexibility index (Phi) is 11.3. The van der Waals surface area contributed by atoms with Gasteiger partial charge in [-0.05, 0) is 12.8 Å². The van der Waals surface area contributed by atoms with Crippen molar-refractivity contribution in [2.45, 2.75) is 95.0 Å². The van der Waals surface area contributed by atoms with E-state index in [4.69, 9.17) is 0 Å². The Labute approximate surface area is 141 Å². The molecule has 0 aromatic carbocycles. The summed E-state index contributed by atoms with van der Waals surface area (Å²) in [6.07, 6.45) is 7.63. The highest BCUT2D eigenvalue weighted by atomic mass is 32.2. The predicted molar refractivity (Wildman–Crippen MR) is 92.8 cm³/mol. The number of unbranched alkanes of at least 4 members (excludes halogenated alkanes) is 7. The average Bonchev–Trinajstić information content (AvgIpc) is 2.41. The van der Waals surface area contributed by atoms with Crippen LogP contribution in [0, 0.1) is 0 Å². The molecule has 0 radical (unpaired) electrons. The Morgan fingerprint density at radius 3 is 1.22 bits per heavy atom. The van der Waals surface area contributed by atoms with E-state index in [1.165, 1.54) is 0 Å². The van der Waals surface area contributed by atoms with Gasteiger partial charge in [0.1, 0.15) is 10.5 Å². The number of hydrogen-bond acceptors (Lipinski definition) is 4. The number of rotatable bonds is 14. The van der Waals surface area contributed by atoms with Crippen molar-refractivity contribution in [1.82, 2.24) is 0 Å². The van der Waals surface area contributed by atoms with Crippen molar-refractivity contribution >= 4 is 20.2 Å². The lowest BCUT2D eigenvalue weighted by Gasteiger charge is -2.22. The molecule has 2 N–H and O–H groups in total. The van der Waals surface area contributed by atoms with Gasteiger partial charge in [-0.2, -0.15) is 16.8 Å². The van der Waals surface area contributed by atoms with Crippen LogP contribution in [0.4, 0.5) is 0 Å². The van der Waals surface area contributed by atoms with Crippen LogP contribution >= 0.6 is 0 Å². The highest BCUT2D eigenvalue weighted by molar-refractivity contribution is 7.90. The van der Waals surface area contributed by atoms with Crippen LogP contribution < -0.4 is 0 Å². The zero-order valence-electron chi connectivity index (χ0n) is 14.3. The molecule has 0 spiro atoms. The van der Waals surface area contributed by atoms with E-state index in [1.54, 1.807) is 0 Å². The van der Waals surface area contributed by atoms with Crippen molar-refractivity contribution in [3.63, 3.8) is 0 Å². The topological polar surface area (TPSA) is 109 Å². The normalized spacial score (nSPS) is 15.5. The van der Waals surface area contributed by atoms with Gasteiger partial charge in [-0.15, -0.1) is 0 Å². The largest absolute Gasteiger partial charge is 0.285 e. The second kappa shape index (κ2) is 11.4. The molecule has 0 heterocycles. The van der Waals surface area contributed by atoms with E-state index in [0.717, 1.165) is 44.9 Å². The molecule has 0 saturated heterocycles. The Balaban J connectivity index is 4.89. The van der Waals surface area contributed by atoms with Crippen LogP contribution in [0.1, 0.15) is 84.5 Å². The van der Waals surface area contributed by atoms with Crippen molar-refractivity contribution in [1.29, 1.82) is 0 Å². The third kappa shape index (κ3) is 10.3. The number of hydrogen-bond donors (Lipinski definition) is 2. The fourth-order valence-corrected chi connectivity index (χ4v) is 5.59. The van der Waals surface area contributed by atoms with Crippen LogP contribution in [0.5, 0.6) is 0 Å². The molecular formula is C15H32O6S2. The van der Waals surface area contributed by atoms with Gasteiger partial charge in [0.2, 0.25) is 0 Å². The van der Waals surface area contributed by atoms with Crippen LogP contribution in [-0.4, -0.2) is 36.4 Å². The summed E-state index contributed by atoms with van der Waals surface area (Å²) < 4.78 is 65.2. The van der Waals surface area contributed by atoms with Gasteiger partial charge in [-0.25, -0.2) is 0 Å². The molecule has 0 aliphatic heterocycles. The summed E-state index contributed by atoms with van der Waals surface area (Å²) in [5.41, 5.74) is 0. The maximum Gasteiger partial charge on any atom is 0.269 e. The van der Waals surface area contributed by atoms with Crippen molar-refractivity contribution in [3.05, 3.63) is 0 Å². The first-order valence-electron chi connectivity index (χ1n) is 8.57. The first-order chi connectivity index (χ1) is 10.6. The lowest BCUT2D eigenvalue weighted by Crippen LogP contribution is -2.39. The summed E-state index contributed by atoms with van der Waals surface area (Å²) in [7, 11) is -9.04. The van der Waals surface area contributed by atoms with Crippen LogP contribution in [0.2, 0.25) is 0 Å². The maximum absolute atomic E-state index is 11.6. The van der Waals surface area contributed by atoms with Crippen LogP contribution in [0.25, 0.3) is 0 Å². The molecule has 0 aromatic rings. The van der Waals surface area contributed by atoms with Crippen LogP contribution in [-0.2, 0) is 20.2 Å². The smallest absolute Gasteiger partial charge is 0.269 e. The van der Waals surface area contributed by atoms with Crippen LogP contribution in [0.15, 0.2) is 0 Å². The molecule has 0 aromatic heterocycles. The summed E-state index contributed by atoms with van der Waals surface area (Å²) in [4.78, 5) is 0. The first kappa shape index (κ1) is 22.8. The Hall–Kier alpha value is -0.180. The van der Waals surface area contributed by atoms with Crippen molar-refractivity contribution in [2.24, 2.45) is 0 Å². The fourth-order valence-electron chi connectivity index (χ4n) is 2.77. The quantitative estimate of drug-likeness (QED) is 0.354. The lowest BCUT2D eigenvalue weighted by molar-refractivity contribution is 0.416. The standard InChI is InChI=1S/C15H32O6S2/c1-3-5-7-9-11-13-15(23(19,20)21)14(22(16,17)18)12-10-8-6-4-2/h14-15H,3-13H2,1-2H3,(H,16,17,18)(H,19,20,21). The fraction of sp³-hybridized carbons (Fsp3) is 1.00. The van der Waals surface area contributed by atoms with Gasteiger partial charge >= 0.3 is 0 Å². The molecule has 0 aliphatic rings. The minimum absolute atomic E-state index is 0.0538. The Bertz CT molecular complexity index is 498. The van der Waals surface area contributed by atoms with E-state index >= 15 is 0 Å². The molecule has 0 amide bonds. The van der Waals surface area contributed by atoms with E-state index in [-0.39, 0.29) is 12.8 Å². The molecule has 0 bridgehead atoms. The molecule has 140 valence electrons. The SMILES string of the molecule is CCCCCCCC(C(CCCCCC)S(=O)(=O)O)S(=O)(=O)O. The lowest BCUT2D eigenvalue weighted by atomic mass is 10.0. The van der Waals surface area contributed by atoms with Gasteiger partial charge in [0.15, 0.2) is 0 Å². The Morgan fingerprint density at radius 2 is 0.913 bits per heavy atom. The minimum atomic E-state index is -4.52. The monoisotopic (exact) mass is 372 g/mol. The molecule has 6 nitrogen and oxygen atoms in total. The third-order valence-electron chi connectivity index (χ3n) is 4.11. The van der Waals surface area contributed by atoms with Gasteiger partial charge in [0.25, 0.3) is 20.2 Å². The summed E-state index contributed by atoms with van der Waals surface area (Å²) >= 11 is 0. The van der Waals surface area contributed by atoms with E-state index in [2.05, 4.69) is 6.92 Å². The highest BCUT2D eigenvalue weighted by Crippen LogP contribution is 2.24. The van der Waals surface area contributed by atoms with Crippen molar-refractivity contribution < 1.29 is 25.9 Å². The third-order valence-corrected chi connectivity index (χ3v) is 6.95. The second-order valence-electron chi connectivity index (χ2n) is 6.16. The van der Waals surface area contributed by atoms with Gasteiger partial charge in [-0.3, -0.25) is 9.11 Å². The summed E-state index contributed by atoms with van der Waals surface area (Å²) in [5, 5.41) is -2.89. The minimum Gasteiger partial charge on any atom is -0.285 e. The molecule has 0 saturated carbocycles. The summed E-state index contributed by atoms with van der Waals surface area (Å²) in [6, 6.07) is 0. The second-order valence-corrected chi connectivity index (χ2v) is 9.43. The highest BCUT2D eigenvalue weighted by Gasteiger charge is 2.39. The average molecular weight is 373 g/mol. The summed E-state index contributed by atoms with van der Waals surface area (Å²) in [5.74, 6) is 0. The van der Waals surface area contributed by atoms with Crippen LogP contribution in [0.3, 0.4) is 0 Å². The molecule has 8 heteroatoms. The molecule has 23 heavy (non-hydrogen) atoms. The molecular weight excluding hydrogens is 340 g/mol. The Morgan fingerprint density at radius 1 is 0.609 bits per heavy atom. The van der Waals surface area contributed by atoms with E-state index < -0.39 is 30.7 Å². The van der Waals surface area contributed by atoms with Crippen molar-refractivity contribution in [2.75, 3.05) is 0 Å². The molecule has 2 atom stereocenters. The molecule has 0 rings (SSSR count).